The van der Waals surface area contributed by atoms with Crippen LogP contribution in [-0.2, 0) is 11.3 Å². The topological polar surface area (TPSA) is 32.7 Å². The van der Waals surface area contributed by atoms with Crippen LogP contribution in [0.15, 0.2) is 24.3 Å². The van der Waals surface area contributed by atoms with E-state index in [9.17, 15) is 9.50 Å². The fourth-order valence-corrected chi connectivity index (χ4v) is 1.86. The molecular formula is C15H24FNO2. The van der Waals surface area contributed by atoms with Crippen LogP contribution < -0.4 is 0 Å². The second-order valence-electron chi connectivity index (χ2n) is 4.87. The molecule has 0 radical (unpaired) electrons. The Bertz CT molecular complexity index is 360. The molecule has 0 bridgehead atoms. The van der Waals surface area contributed by atoms with Crippen LogP contribution in [0.2, 0.25) is 0 Å². The summed E-state index contributed by atoms with van der Waals surface area (Å²) in [6.07, 6.45) is 1.56. The quantitative estimate of drug-likeness (QED) is 0.699. The van der Waals surface area contributed by atoms with Crippen LogP contribution in [0, 0.1) is 5.82 Å². The van der Waals surface area contributed by atoms with Gasteiger partial charge in [-0.1, -0.05) is 31.5 Å². The summed E-state index contributed by atoms with van der Waals surface area (Å²) in [6.45, 7) is 4.08. The molecule has 1 unspecified atom stereocenters. The van der Waals surface area contributed by atoms with Crippen molar-refractivity contribution in [2.45, 2.75) is 32.4 Å². The van der Waals surface area contributed by atoms with Gasteiger partial charge in [-0.3, -0.25) is 4.90 Å². The minimum Gasteiger partial charge on any atom is -0.389 e. The van der Waals surface area contributed by atoms with E-state index >= 15 is 0 Å². The van der Waals surface area contributed by atoms with Gasteiger partial charge in [-0.05, 0) is 19.5 Å². The van der Waals surface area contributed by atoms with Crippen molar-refractivity contribution < 1.29 is 14.2 Å². The molecule has 0 fully saturated rings. The Hall–Kier alpha value is -0.970. The van der Waals surface area contributed by atoms with Crippen molar-refractivity contribution in [2.75, 3.05) is 26.8 Å². The van der Waals surface area contributed by atoms with Crippen LogP contribution in [0.1, 0.15) is 25.3 Å². The molecule has 0 saturated carbocycles. The number of ether oxygens (including phenoxy) is 1. The first kappa shape index (κ1) is 16.1. The number of aliphatic hydroxyl groups is 1. The average molecular weight is 269 g/mol. The second kappa shape index (κ2) is 9.02. The summed E-state index contributed by atoms with van der Waals surface area (Å²) in [6, 6.07) is 6.70. The monoisotopic (exact) mass is 269 g/mol. The third-order valence-corrected chi connectivity index (χ3v) is 2.87. The predicted octanol–water partition coefficient (Wildman–Crippen LogP) is 2.44. The normalized spacial score (nSPS) is 12.9. The first-order valence-electron chi connectivity index (χ1n) is 6.81. The number of halogens is 1. The standard InChI is InChI=1S/C15H24FNO2/c1-3-4-9-19-12-14(18)11-17(2)10-13-7-5-6-8-15(13)16/h5-8,14,18H,3-4,9-12H2,1-2H3. The third kappa shape index (κ3) is 6.66. The van der Waals surface area contributed by atoms with Crippen LogP contribution in [0.25, 0.3) is 0 Å². The lowest BCUT2D eigenvalue weighted by atomic mass is 10.2. The molecule has 19 heavy (non-hydrogen) atoms. The molecule has 1 atom stereocenters. The summed E-state index contributed by atoms with van der Waals surface area (Å²) in [5.41, 5.74) is 0.643. The Balaban J connectivity index is 2.26. The van der Waals surface area contributed by atoms with Gasteiger partial charge < -0.3 is 9.84 Å². The van der Waals surface area contributed by atoms with Crippen molar-refractivity contribution in [1.29, 1.82) is 0 Å². The molecule has 0 saturated heterocycles. The maximum atomic E-state index is 13.5. The minimum absolute atomic E-state index is 0.206. The fraction of sp³-hybridized carbons (Fsp3) is 0.600. The van der Waals surface area contributed by atoms with Crippen molar-refractivity contribution in [2.24, 2.45) is 0 Å². The molecule has 1 N–H and O–H groups in total. The number of hydrogen-bond acceptors (Lipinski definition) is 3. The van der Waals surface area contributed by atoms with Gasteiger partial charge in [0, 0.05) is 25.3 Å². The number of benzene rings is 1. The summed E-state index contributed by atoms with van der Waals surface area (Å²) in [7, 11) is 1.86. The number of rotatable bonds is 9. The van der Waals surface area contributed by atoms with E-state index in [1.54, 1.807) is 12.1 Å². The summed E-state index contributed by atoms with van der Waals surface area (Å²) >= 11 is 0. The lowest BCUT2D eigenvalue weighted by molar-refractivity contribution is 0.0187. The molecule has 1 aromatic rings. The largest absolute Gasteiger partial charge is 0.389 e. The van der Waals surface area contributed by atoms with Crippen LogP contribution in [0.5, 0.6) is 0 Å². The van der Waals surface area contributed by atoms with Gasteiger partial charge in [-0.2, -0.15) is 0 Å². The van der Waals surface area contributed by atoms with Crippen LogP contribution in [-0.4, -0.2) is 42.9 Å². The van der Waals surface area contributed by atoms with E-state index in [0.717, 1.165) is 12.8 Å². The minimum atomic E-state index is -0.534. The molecule has 0 spiro atoms. The average Bonchev–Trinajstić information content (AvgIpc) is 2.37. The number of hydrogen-bond donors (Lipinski definition) is 1. The molecule has 4 heteroatoms. The Labute approximate surface area is 115 Å². The lowest BCUT2D eigenvalue weighted by Crippen LogP contribution is -2.32. The molecule has 0 aliphatic heterocycles. The van der Waals surface area contributed by atoms with Crippen LogP contribution in [0.4, 0.5) is 4.39 Å². The molecule has 0 amide bonds. The van der Waals surface area contributed by atoms with Crippen LogP contribution >= 0.6 is 0 Å². The summed E-state index contributed by atoms with van der Waals surface area (Å²) in [5, 5.41) is 9.81. The molecule has 0 aromatic heterocycles. The third-order valence-electron chi connectivity index (χ3n) is 2.87. The van der Waals surface area contributed by atoms with Gasteiger partial charge in [0.15, 0.2) is 0 Å². The van der Waals surface area contributed by atoms with Gasteiger partial charge >= 0.3 is 0 Å². The molecule has 0 aliphatic rings. The smallest absolute Gasteiger partial charge is 0.127 e. The van der Waals surface area contributed by atoms with E-state index in [1.807, 2.05) is 18.0 Å². The number of nitrogens with zero attached hydrogens (tertiary/aromatic N) is 1. The summed E-state index contributed by atoms with van der Waals surface area (Å²) < 4.78 is 18.8. The Morgan fingerprint density at radius 1 is 1.37 bits per heavy atom. The second-order valence-corrected chi connectivity index (χ2v) is 4.87. The maximum Gasteiger partial charge on any atom is 0.127 e. The van der Waals surface area contributed by atoms with Gasteiger partial charge in [0.25, 0.3) is 0 Å². The van der Waals surface area contributed by atoms with Gasteiger partial charge in [-0.25, -0.2) is 4.39 Å². The molecule has 0 aliphatic carbocycles. The van der Waals surface area contributed by atoms with Crippen molar-refractivity contribution in [3.8, 4) is 0 Å². The van der Waals surface area contributed by atoms with E-state index in [0.29, 0.717) is 31.9 Å². The maximum absolute atomic E-state index is 13.5. The first-order valence-corrected chi connectivity index (χ1v) is 6.81. The highest BCUT2D eigenvalue weighted by Crippen LogP contribution is 2.09. The summed E-state index contributed by atoms with van der Waals surface area (Å²) in [4.78, 5) is 1.90. The van der Waals surface area contributed by atoms with E-state index < -0.39 is 6.10 Å². The van der Waals surface area contributed by atoms with Crippen molar-refractivity contribution in [1.82, 2.24) is 4.90 Å². The molecule has 3 nitrogen and oxygen atoms in total. The Kier molecular flexibility index (Phi) is 7.63. The predicted molar refractivity (Wildman–Crippen MR) is 74.5 cm³/mol. The van der Waals surface area contributed by atoms with E-state index in [-0.39, 0.29) is 5.82 Å². The molecule has 1 rings (SSSR count). The lowest BCUT2D eigenvalue weighted by Gasteiger charge is -2.20. The number of aliphatic hydroxyl groups excluding tert-OH is 1. The SMILES string of the molecule is CCCCOCC(O)CN(C)Cc1ccccc1F. The first-order chi connectivity index (χ1) is 9.13. The Morgan fingerprint density at radius 3 is 2.79 bits per heavy atom. The van der Waals surface area contributed by atoms with Crippen molar-refractivity contribution in [3.05, 3.63) is 35.6 Å². The van der Waals surface area contributed by atoms with E-state index in [2.05, 4.69) is 6.92 Å². The van der Waals surface area contributed by atoms with E-state index in [4.69, 9.17) is 4.74 Å². The fourth-order valence-electron chi connectivity index (χ4n) is 1.86. The van der Waals surface area contributed by atoms with E-state index in [1.165, 1.54) is 6.07 Å². The highest BCUT2D eigenvalue weighted by molar-refractivity contribution is 5.16. The zero-order valence-corrected chi connectivity index (χ0v) is 11.8. The van der Waals surface area contributed by atoms with Gasteiger partial charge in [0.2, 0.25) is 0 Å². The highest BCUT2D eigenvalue weighted by Gasteiger charge is 2.10. The van der Waals surface area contributed by atoms with Gasteiger partial charge in [-0.15, -0.1) is 0 Å². The summed E-state index contributed by atoms with van der Waals surface area (Å²) in [5.74, 6) is -0.206. The molecule has 1 aromatic carbocycles. The zero-order valence-electron chi connectivity index (χ0n) is 11.8. The van der Waals surface area contributed by atoms with Crippen molar-refractivity contribution >= 4 is 0 Å². The number of unbranched alkanes of at least 4 members (excludes halogenated alkanes) is 1. The van der Waals surface area contributed by atoms with Gasteiger partial charge in [0.1, 0.15) is 5.82 Å². The molecule has 108 valence electrons. The van der Waals surface area contributed by atoms with Crippen molar-refractivity contribution in [3.63, 3.8) is 0 Å². The highest BCUT2D eigenvalue weighted by atomic mass is 19.1. The number of likely N-dealkylation sites (N-methyl/N-ethyl adjacent to an activating group) is 1. The zero-order chi connectivity index (χ0) is 14.1. The molecule has 0 heterocycles. The van der Waals surface area contributed by atoms with Gasteiger partial charge in [0.05, 0.1) is 12.7 Å². The molecular weight excluding hydrogens is 245 g/mol. The van der Waals surface area contributed by atoms with Crippen LogP contribution in [0.3, 0.4) is 0 Å². The Morgan fingerprint density at radius 2 is 2.11 bits per heavy atom.